The topological polar surface area (TPSA) is 75.9 Å². The second-order valence-electron chi connectivity index (χ2n) is 8.29. The van der Waals surface area contributed by atoms with Crippen LogP contribution in [0.2, 0.25) is 10.0 Å². The molecule has 0 amide bonds. The van der Waals surface area contributed by atoms with Crippen molar-refractivity contribution in [2.45, 2.75) is 44.2 Å². The zero-order valence-electron chi connectivity index (χ0n) is 17.7. The number of para-hydroxylation sites is 1. The second kappa shape index (κ2) is 9.25. The Bertz CT molecular complexity index is 1300. The largest absolute Gasteiger partial charge is 0.393 e. The predicted octanol–water partition coefficient (Wildman–Crippen LogP) is 6.08. The fraction of sp³-hybridized carbons (Fsp3) is 0.292. The minimum atomic E-state index is -0.360. The maximum atomic E-state index is 14.3. The maximum absolute atomic E-state index is 14.3. The zero-order chi connectivity index (χ0) is 22.9. The summed E-state index contributed by atoms with van der Waals surface area (Å²) in [6, 6.07) is 12.0. The molecule has 170 valence electrons. The van der Waals surface area contributed by atoms with Crippen LogP contribution < -0.4 is 5.32 Å². The van der Waals surface area contributed by atoms with Crippen molar-refractivity contribution in [1.29, 1.82) is 0 Å². The van der Waals surface area contributed by atoms with Gasteiger partial charge in [-0.05, 0) is 55.5 Å². The highest BCUT2D eigenvalue weighted by Gasteiger charge is 2.26. The summed E-state index contributed by atoms with van der Waals surface area (Å²) in [5.41, 5.74) is 2.59. The predicted molar refractivity (Wildman–Crippen MR) is 128 cm³/mol. The number of aliphatic hydroxyl groups is 1. The van der Waals surface area contributed by atoms with Gasteiger partial charge in [0.25, 0.3) is 0 Å². The van der Waals surface area contributed by atoms with Crippen molar-refractivity contribution in [1.82, 2.24) is 19.5 Å². The van der Waals surface area contributed by atoms with Crippen molar-refractivity contribution in [3.63, 3.8) is 0 Å². The fourth-order valence-electron chi connectivity index (χ4n) is 4.28. The first-order valence-corrected chi connectivity index (χ1v) is 11.6. The van der Waals surface area contributed by atoms with Crippen LogP contribution in [-0.2, 0) is 6.42 Å². The van der Waals surface area contributed by atoms with Crippen LogP contribution >= 0.6 is 23.2 Å². The summed E-state index contributed by atoms with van der Waals surface area (Å²) in [6.45, 7) is 0. The molecule has 4 aromatic rings. The summed E-state index contributed by atoms with van der Waals surface area (Å²) in [6.07, 6.45) is 4.84. The van der Waals surface area contributed by atoms with Gasteiger partial charge < -0.3 is 10.4 Å². The molecule has 6 nitrogen and oxygen atoms in total. The summed E-state index contributed by atoms with van der Waals surface area (Å²) < 4.78 is 16.4. The van der Waals surface area contributed by atoms with Gasteiger partial charge in [-0.2, -0.15) is 0 Å². The van der Waals surface area contributed by atoms with Gasteiger partial charge in [0, 0.05) is 12.5 Å². The molecule has 9 heteroatoms. The number of fused-ring (bicyclic) bond motifs is 1. The van der Waals surface area contributed by atoms with Crippen molar-refractivity contribution in [2.75, 3.05) is 5.32 Å². The lowest BCUT2D eigenvalue weighted by atomic mass is 9.93. The number of rotatable bonds is 5. The molecule has 0 spiro atoms. The minimum absolute atomic E-state index is 0.0837. The van der Waals surface area contributed by atoms with Gasteiger partial charge in [-0.3, -0.25) is 4.57 Å². The normalized spacial score (nSPS) is 18.5. The smallest absolute Gasteiger partial charge is 0.210 e. The Morgan fingerprint density at radius 2 is 1.82 bits per heavy atom. The van der Waals surface area contributed by atoms with Crippen LogP contribution in [0, 0.1) is 5.82 Å². The number of halogens is 3. The van der Waals surface area contributed by atoms with E-state index in [1.807, 2.05) is 16.7 Å². The molecule has 2 aromatic heterocycles. The molecular weight excluding hydrogens is 464 g/mol. The van der Waals surface area contributed by atoms with Crippen molar-refractivity contribution in [2.24, 2.45) is 0 Å². The Morgan fingerprint density at radius 1 is 1.03 bits per heavy atom. The van der Waals surface area contributed by atoms with Gasteiger partial charge in [0.05, 0.1) is 28.0 Å². The molecule has 2 N–H and O–H groups in total. The third-order valence-electron chi connectivity index (χ3n) is 5.98. The summed E-state index contributed by atoms with van der Waals surface area (Å²) in [5.74, 6) is 0.773. The molecule has 1 fully saturated rings. The van der Waals surface area contributed by atoms with Gasteiger partial charge in [0.15, 0.2) is 5.65 Å². The second-order valence-corrected chi connectivity index (χ2v) is 9.11. The lowest BCUT2D eigenvalue weighted by Gasteiger charge is -2.28. The molecule has 1 aliphatic carbocycles. The molecule has 0 unspecified atom stereocenters. The van der Waals surface area contributed by atoms with Gasteiger partial charge in [0.2, 0.25) is 5.95 Å². The van der Waals surface area contributed by atoms with Crippen LogP contribution in [0.5, 0.6) is 0 Å². The highest BCUT2D eigenvalue weighted by molar-refractivity contribution is 6.42. The van der Waals surface area contributed by atoms with Crippen LogP contribution in [0.25, 0.3) is 11.2 Å². The summed E-state index contributed by atoms with van der Waals surface area (Å²) in [4.78, 5) is 14.0. The highest BCUT2D eigenvalue weighted by Crippen LogP contribution is 2.35. The van der Waals surface area contributed by atoms with Gasteiger partial charge in [-0.1, -0.05) is 41.4 Å². The van der Waals surface area contributed by atoms with Crippen molar-refractivity contribution < 1.29 is 9.50 Å². The molecule has 1 saturated carbocycles. The number of nitrogens with one attached hydrogen (secondary N) is 1. The molecule has 0 radical (unpaired) electrons. The third-order valence-corrected chi connectivity index (χ3v) is 6.72. The fourth-order valence-corrected chi connectivity index (χ4v) is 4.60. The number of imidazole rings is 1. The maximum Gasteiger partial charge on any atom is 0.210 e. The molecule has 0 aliphatic heterocycles. The zero-order valence-corrected chi connectivity index (χ0v) is 19.2. The van der Waals surface area contributed by atoms with Gasteiger partial charge in [-0.15, -0.1) is 0 Å². The Balaban J connectivity index is 1.55. The Labute approximate surface area is 200 Å². The Morgan fingerprint density at radius 3 is 2.58 bits per heavy atom. The summed E-state index contributed by atoms with van der Waals surface area (Å²) >= 11 is 12.2. The van der Waals surface area contributed by atoms with E-state index < -0.39 is 0 Å². The lowest BCUT2D eigenvalue weighted by molar-refractivity contribution is 0.112. The van der Waals surface area contributed by atoms with Crippen LogP contribution in [0.4, 0.5) is 16.0 Å². The number of benzene rings is 2. The van der Waals surface area contributed by atoms with Crippen LogP contribution in [0.3, 0.4) is 0 Å². The van der Waals surface area contributed by atoms with E-state index in [-0.39, 0.29) is 18.0 Å². The van der Waals surface area contributed by atoms with E-state index in [1.165, 1.54) is 6.07 Å². The van der Waals surface area contributed by atoms with E-state index >= 15 is 0 Å². The molecule has 0 atom stereocenters. The van der Waals surface area contributed by atoms with Crippen molar-refractivity contribution >= 4 is 46.0 Å². The monoisotopic (exact) mass is 485 g/mol. The molecule has 0 bridgehead atoms. The van der Waals surface area contributed by atoms with Crippen LogP contribution in [0.15, 0.2) is 48.7 Å². The summed E-state index contributed by atoms with van der Waals surface area (Å²) in [5, 5.41) is 14.1. The number of hydrogen-bond donors (Lipinski definition) is 2. The minimum Gasteiger partial charge on any atom is -0.393 e. The van der Waals surface area contributed by atoms with E-state index in [4.69, 9.17) is 28.2 Å². The first kappa shape index (κ1) is 22.1. The Hall–Kier alpha value is -2.74. The van der Waals surface area contributed by atoms with E-state index in [0.29, 0.717) is 57.9 Å². The van der Waals surface area contributed by atoms with E-state index in [9.17, 15) is 9.50 Å². The number of hydrogen-bond acceptors (Lipinski definition) is 5. The number of anilines is 2. The number of aromatic nitrogens is 4. The molecule has 5 rings (SSSR count). The van der Waals surface area contributed by atoms with Gasteiger partial charge in [-0.25, -0.2) is 19.3 Å². The molecule has 2 heterocycles. The standard InChI is InChI=1S/C24H22Cl2FN5O/c25-17-10-5-14(11-18(17)26)12-22-28-13-21-23(31-22)32(15-6-8-16(33)9-7-15)24(30-21)29-20-4-2-1-3-19(20)27/h1-5,10-11,13,15-16,33H,6-9,12H2,(H,29,30). The highest BCUT2D eigenvalue weighted by atomic mass is 35.5. The average Bonchev–Trinajstić information content (AvgIpc) is 3.16. The van der Waals surface area contributed by atoms with Crippen LogP contribution in [0.1, 0.15) is 43.1 Å². The third kappa shape index (κ3) is 4.67. The first-order chi connectivity index (χ1) is 16.0. The van der Waals surface area contributed by atoms with Gasteiger partial charge in [0.1, 0.15) is 17.2 Å². The lowest BCUT2D eigenvalue weighted by Crippen LogP contribution is -2.22. The Kier molecular flexibility index (Phi) is 6.19. The van der Waals surface area contributed by atoms with Crippen LogP contribution in [-0.4, -0.2) is 30.7 Å². The molecule has 2 aromatic carbocycles. The SMILES string of the molecule is OC1CCC(n2c(Nc3ccccc3F)nc3cnc(Cc4ccc(Cl)c(Cl)c4)nc32)CC1. The van der Waals surface area contributed by atoms with E-state index in [1.54, 1.807) is 30.5 Å². The molecule has 0 saturated heterocycles. The van der Waals surface area contributed by atoms with Gasteiger partial charge >= 0.3 is 0 Å². The van der Waals surface area contributed by atoms with Crippen molar-refractivity contribution in [3.05, 3.63) is 75.9 Å². The van der Waals surface area contributed by atoms with E-state index in [2.05, 4.69) is 15.3 Å². The molecular formula is C24H22Cl2FN5O. The quantitative estimate of drug-likeness (QED) is 0.358. The molecule has 33 heavy (non-hydrogen) atoms. The number of nitrogens with zero attached hydrogens (tertiary/aromatic N) is 4. The van der Waals surface area contributed by atoms with E-state index in [0.717, 1.165) is 18.4 Å². The average molecular weight is 486 g/mol. The first-order valence-electron chi connectivity index (χ1n) is 10.9. The number of aliphatic hydroxyl groups excluding tert-OH is 1. The summed E-state index contributed by atoms with van der Waals surface area (Å²) in [7, 11) is 0. The van der Waals surface area contributed by atoms with Crippen molar-refractivity contribution in [3.8, 4) is 0 Å². The molecule has 1 aliphatic rings.